The Kier molecular flexibility index (Phi) is 7.41. The molecule has 3 aromatic rings. The molecule has 0 bridgehead atoms. The molecular formula is C21H25ClN4O2S. The Balaban J connectivity index is 0.00000240. The van der Waals surface area contributed by atoms with Gasteiger partial charge < -0.3 is 15.2 Å². The zero-order valence-electron chi connectivity index (χ0n) is 16.1. The van der Waals surface area contributed by atoms with Crippen LogP contribution in [0.2, 0.25) is 0 Å². The smallest absolute Gasteiger partial charge is 0.226 e. The van der Waals surface area contributed by atoms with Crippen LogP contribution in [0.5, 0.6) is 0 Å². The van der Waals surface area contributed by atoms with Crippen LogP contribution in [0.1, 0.15) is 30.2 Å². The van der Waals surface area contributed by atoms with Crippen molar-refractivity contribution >= 4 is 29.7 Å². The molecule has 6 nitrogen and oxygen atoms in total. The van der Waals surface area contributed by atoms with Crippen LogP contribution in [-0.4, -0.2) is 40.6 Å². The third-order valence-electron chi connectivity index (χ3n) is 5.32. The van der Waals surface area contributed by atoms with E-state index in [4.69, 9.17) is 10.3 Å². The van der Waals surface area contributed by atoms with Gasteiger partial charge in [-0.25, -0.2) is 0 Å². The maximum Gasteiger partial charge on any atom is 0.226 e. The van der Waals surface area contributed by atoms with Gasteiger partial charge in [0.25, 0.3) is 0 Å². The van der Waals surface area contributed by atoms with Crippen molar-refractivity contribution in [3.8, 4) is 10.7 Å². The summed E-state index contributed by atoms with van der Waals surface area (Å²) in [6, 6.07) is 14.3. The molecule has 1 aromatic carbocycles. The summed E-state index contributed by atoms with van der Waals surface area (Å²) >= 11 is 1.58. The minimum atomic E-state index is 0. The molecule has 8 heteroatoms. The number of aromatic nitrogens is 2. The maximum absolute atomic E-state index is 12.7. The van der Waals surface area contributed by atoms with E-state index >= 15 is 0 Å². The molecular weight excluding hydrogens is 408 g/mol. The number of rotatable bonds is 7. The van der Waals surface area contributed by atoms with Gasteiger partial charge in [-0.3, -0.25) is 4.79 Å². The van der Waals surface area contributed by atoms with Crippen LogP contribution < -0.4 is 5.73 Å². The highest BCUT2D eigenvalue weighted by Crippen LogP contribution is 2.32. The second kappa shape index (κ2) is 10.0. The summed E-state index contributed by atoms with van der Waals surface area (Å²) in [4.78, 5) is 20.0. The summed E-state index contributed by atoms with van der Waals surface area (Å²) in [6.07, 6.45) is 1.79. The van der Waals surface area contributed by atoms with E-state index in [-0.39, 0.29) is 18.3 Å². The maximum atomic E-state index is 12.7. The van der Waals surface area contributed by atoms with Crippen LogP contribution in [0.3, 0.4) is 0 Å². The van der Waals surface area contributed by atoms with Crippen molar-refractivity contribution in [2.75, 3.05) is 19.6 Å². The minimum Gasteiger partial charge on any atom is -0.342 e. The quantitative estimate of drug-likeness (QED) is 0.614. The highest BCUT2D eigenvalue weighted by Gasteiger charge is 2.34. The number of carbonyl (C=O) groups is 1. The first-order chi connectivity index (χ1) is 13.7. The molecule has 1 fully saturated rings. The van der Waals surface area contributed by atoms with E-state index in [0.717, 1.165) is 18.0 Å². The summed E-state index contributed by atoms with van der Waals surface area (Å²) in [5, 5.41) is 6.00. The molecule has 0 radical (unpaired) electrons. The van der Waals surface area contributed by atoms with Gasteiger partial charge in [-0.1, -0.05) is 41.6 Å². The summed E-state index contributed by atoms with van der Waals surface area (Å²) in [5.74, 6) is 2.01. The van der Waals surface area contributed by atoms with Gasteiger partial charge in [0.2, 0.25) is 17.6 Å². The molecule has 2 N–H and O–H groups in total. The first kappa shape index (κ1) is 21.5. The lowest BCUT2D eigenvalue weighted by atomic mass is 9.89. The van der Waals surface area contributed by atoms with Crippen molar-refractivity contribution in [3.63, 3.8) is 0 Å². The van der Waals surface area contributed by atoms with Crippen LogP contribution in [0.25, 0.3) is 10.7 Å². The third-order valence-corrected chi connectivity index (χ3v) is 6.18. The number of nitrogens with two attached hydrogens (primary N) is 1. The van der Waals surface area contributed by atoms with Crippen LogP contribution in [-0.2, 0) is 11.2 Å². The first-order valence-corrected chi connectivity index (χ1v) is 10.5. The lowest BCUT2D eigenvalue weighted by Gasteiger charge is -2.16. The van der Waals surface area contributed by atoms with Gasteiger partial charge in [0.15, 0.2) is 0 Å². The highest BCUT2D eigenvalue weighted by atomic mass is 35.5. The van der Waals surface area contributed by atoms with Gasteiger partial charge in [-0.05, 0) is 35.9 Å². The van der Waals surface area contributed by atoms with Gasteiger partial charge >= 0.3 is 0 Å². The Labute approximate surface area is 180 Å². The summed E-state index contributed by atoms with van der Waals surface area (Å²) in [7, 11) is 0. The molecule has 0 unspecified atom stereocenters. The second-order valence-corrected chi connectivity index (χ2v) is 8.10. The van der Waals surface area contributed by atoms with Crippen LogP contribution in [0.4, 0.5) is 0 Å². The second-order valence-electron chi connectivity index (χ2n) is 7.15. The molecule has 154 valence electrons. The van der Waals surface area contributed by atoms with E-state index < -0.39 is 0 Å². The van der Waals surface area contributed by atoms with Gasteiger partial charge in [-0.2, -0.15) is 4.98 Å². The van der Waals surface area contributed by atoms with Crippen molar-refractivity contribution in [1.29, 1.82) is 0 Å². The van der Waals surface area contributed by atoms with Crippen LogP contribution in [0.15, 0.2) is 52.4 Å². The lowest BCUT2D eigenvalue weighted by Crippen LogP contribution is -2.29. The van der Waals surface area contributed by atoms with Gasteiger partial charge in [0.05, 0.1) is 4.88 Å². The Morgan fingerprint density at radius 3 is 2.76 bits per heavy atom. The molecule has 0 aliphatic carbocycles. The number of amides is 1. The number of nitrogens with zero attached hydrogens (tertiary/aromatic N) is 3. The molecule has 2 aromatic heterocycles. The summed E-state index contributed by atoms with van der Waals surface area (Å²) in [5.41, 5.74) is 7.24. The van der Waals surface area contributed by atoms with E-state index in [2.05, 4.69) is 22.3 Å². The van der Waals surface area contributed by atoms with Crippen molar-refractivity contribution in [2.45, 2.75) is 25.2 Å². The molecule has 4 rings (SSSR count). The van der Waals surface area contributed by atoms with Crippen molar-refractivity contribution in [1.82, 2.24) is 15.0 Å². The molecule has 1 aliphatic heterocycles. The number of aryl methyl sites for hydroxylation is 1. The molecule has 1 amide bonds. The standard InChI is InChI=1S/C21H24N4O2S.ClH/c22-12-16-13-25(14-17(16)15-6-2-1-3-7-15)20(26)10-4-9-19-23-21(24-27-19)18-8-5-11-28-18;/h1-3,5-8,11,16-17H,4,9-10,12-14,22H2;1H/t16-,17+;/m1./s1. The van der Waals surface area contributed by atoms with Crippen LogP contribution >= 0.6 is 23.7 Å². The third kappa shape index (κ3) is 5.04. The first-order valence-electron chi connectivity index (χ1n) is 9.64. The number of hydrogen-bond acceptors (Lipinski definition) is 6. The Morgan fingerprint density at radius 2 is 2.03 bits per heavy atom. The number of carbonyl (C=O) groups excluding carboxylic acids is 1. The Hall–Kier alpha value is -2.22. The molecule has 0 saturated carbocycles. The van der Waals surface area contributed by atoms with E-state index in [0.29, 0.717) is 49.4 Å². The molecule has 1 saturated heterocycles. The van der Waals surface area contributed by atoms with E-state index in [9.17, 15) is 4.79 Å². The monoisotopic (exact) mass is 432 g/mol. The molecule has 0 spiro atoms. The fraction of sp³-hybridized carbons (Fsp3) is 0.381. The fourth-order valence-electron chi connectivity index (χ4n) is 3.80. The lowest BCUT2D eigenvalue weighted by molar-refractivity contribution is -0.130. The van der Waals surface area contributed by atoms with E-state index in [1.807, 2.05) is 40.6 Å². The largest absolute Gasteiger partial charge is 0.342 e. The van der Waals surface area contributed by atoms with Gasteiger partial charge in [-0.15, -0.1) is 23.7 Å². The van der Waals surface area contributed by atoms with Gasteiger partial charge in [0.1, 0.15) is 0 Å². The molecule has 1 aliphatic rings. The van der Waals surface area contributed by atoms with Crippen molar-refractivity contribution in [3.05, 3.63) is 59.3 Å². The number of thiophene rings is 1. The topological polar surface area (TPSA) is 85.2 Å². The molecule has 2 atom stereocenters. The van der Waals surface area contributed by atoms with E-state index in [1.165, 1.54) is 5.56 Å². The summed E-state index contributed by atoms with van der Waals surface area (Å²) in [6.45, 7) is 2.07. The summed E-state index contributed by atoms with van der Waals surface area (Å²) < 4.78 is 5.31. The number of likely N-dealkylation sites (tertiary alicyclic amines) is 1. The predicted octanol–water partition coefficient (Wildman–Crippen LogP) is 3.74. The van der Waals surface area contributed by atoms with Crippen LogP contribution in [0, 0.1) is 5.92 Å². The van der Waals surface area contributed by atoms with Crippen molar-refractivity contribution in [2.24, 2.45) is 11.7 Å². The normalized spacial score (nSPS) is 18.6. The fourth-order valence-corrected chi connectivity index (χ4v) is 4.45. The number of halogens is 1. The predicted molar refractivity (Wildman–Crippen MR) is 116 cm³/mol. The SMILES string of the molecule is Cl.NC[C@@H]1CN(C(=O)CCCc2nc(-c3cccs3)no2)C[C@H]1c1ccccc1. The average molecular weight is 433 g/mol. The highest BCUT2D eigenvalue weighted by molar-refractivity contribution is 7.13. The molecule has 3 heterocycles. The van der Waals surface area contributed by atoms with E-state index in [1.54, 1.807) is 11.3 Å². The number of benzene rings is 1. The molecule has 29 heavy (non-hydrogen) atoms. The number of hydrogen-bond donors (Lipinski definition) is 1. The minimum absolute atomic E-state index is 0. The average Bonchev–Trinajstić information content (AvgIpc) is 3.48. The zero-order valence-corrected chi connectivity index (χ0v) is 17.7. The zero-order chi connectivity index (χ0) is 19.3. The van der Waals surface area contributed by atoms with Gasteiger partial charge in [0, 0.05) is 31.8 Å². The Bertz CT molecular complexity index is 901. The Morgan fingerprint density at radius 1 is 1.21 bits per heavy atom. The van der Waals surface area contributed by atoms with Crippen molar-refractivity contribution < 1.29 is 9.32 Å².